The van der Waals surface area contributed by atoms with Crippen molar-refractivity contribution in [3.63, 3.8) is 0 Å². The molecule has 1 aliphatic carbocycles. The lowest BCUT2D eigenvalue weighted by Gasteiger charge is -2.24. The fraction of sp³-hybridized carbons (Fsp3) is 0.625. The summed E-state index contributed by atoms with van der Waals surface area (Å²) < 4.78 is 16.2. The maximum atomic E-state index is 6.15. The first-order valence-electron chi connectivity index (χ1n) is 7.39. The highest BCUT2D eigenvalue weighted by atomic mass is 16.5. The first kappa shape index (κ1) is 15.3. The standard InChI is InChI=1S/C16H25NO3/c1-18-11-12-19-9-4-10-20-16-8-3-5-13-14(16)6-2-7-15(13)17/h3,5,8,15H,2,4,6-7,9-12,17H2,1H3. The zero-order chi connectivity index (χ0) is 14.2. The van der Waals surface area contributed by atoms with Gasteiger partial charge in [-0.05, 0) is 36.5 Å². The summed E-state index contributed by atoms with van der Waals surface area (Å²) >= 11 is 0. The maximum Gasteiger partial charge on any atom is 0.122 e. The van der Waals surface area contributed by atoms with Crippen LogP contribution >= 0.6 is 0 Å². The van der Waals surface area contributed by atoms with Gasteiger partial charge in [0.15, 0.2) is 0 Å². The van der Waals surface area contributed by atoms with E-state index in [0.29, 0.717) is 26.4 Å². The molecule has 1 unspecified atom stereocenters. The fourth-order valence-corrected chi connectivity index (χ4v) is 2.57. The van der Waals surface area contributed by atoms with Crippen molar-refractivity contribution in [2.45, 2.75) is 31.7 Å². The van der Waals surface area contributed by atoms with Crippen LogP contribution < -0.4 is 10.5 Å². The predicted molar refractivity (Wildman–Crippen MR) is 79.1 cm³/mol. The summed E-state index contributed by atoms with van der Waals surface area (Å²) in [6.07, 6.45) is 4.18. The lowest BCUT2D eigenvalue weighted by Crippen LogP contribution is -2.18. The van der Waals surface area contributed by atoms with Gasteiger partial charge in [0.25, 0.3) is 0 Å². The van der Waals surface area contributed by atoms with E-state index in [4.69, 9.17) is 19.9 Å². The monoisotopic (exact) mass is 279 g/mol. The Morgan fingerprint density at radius 2 is 2.10 bits per heavy atom. The van der Waals surface area contributed by atoms with Gasteiger partial charge >= 0.3 is 0 Å². The molecular weight excluding hydrogens is 254 g/mol. The van der Waals surface area contributed by atoms with Crippen LogP contribution in [0.5, 0.6) is 5.75 Å². The van der Waals surface area contributed by atoms with E-state index in [9.17, 15) is 0 Å². The normalized spacial score (nSPS) is 17.8. The molecule has 0 heterocycles. The predicted octanol–water partition coefficient (Wildman–Crippen LogP) is 2.45. The molecular formula is C16H25NO3. The Balaban J connectivity index is 1.77. The van der Waals surface area contributed by atoms with Crippen molar-refractivity contribution >= 4 is 0 Å². The highest BCUT2D eigenvalue weighted by Gasteiger charge is 2.19. The van der Waals surface area contributed by atoms with Gasteiger partial charge < -0.3 is 19.9 Å². The average Bonchev–Trinajstić information content (AvgIpc) is 2.47. The fourth-order valence-electron chi connectivity index (χ4n) is 2.57. The van der Waals surface area contributed by atoms with Crippen molar-refractivity contribution < 1.29 is 14.2 Å². The number of hydrogen-bond donors (Lipinski definition) is 1. The quantitative estimate of drug-likeness (QED) is 0.743. The van der Waals surface area contributed by atoms with E-state index in [2.05, 4.69) is 6.07 Å². The molecule has 0 aromatic heterocycles. The van der Waals surface area contributed by atoms with Crippen LogP contribution in [0.3, 0.4) is 0 Å². The number of methoxy groups -OCH3 is 1. The number of benzene rings is 1. The van der Waals surface area contributed by atoms with Crippen LogP contribution in [0.25, 0.3) is 0 Å². The van der Waals surface area contributed by atoms with Crippen LogP contribution in [0.15, 0.2) is 18.2 Å². The number of rotatable bonds is 8. The highest BCUT2D eigenvalue weighted by molar-refractivity contribution is 5.43. The molecule has 1 atom stereocenters. The molecule has 0 saturated heterocycles. The second-order valence-corrected chi connectivity index (χ2v) is 5.13. The zero-order valence-corrected chi connectivity index (χ0v) is 12.3. The van der Waals surface area contributed by atoms with Gasteiger partial charge in [0.1, 0.15) is 5.75 Å². The van der Waals surface area contributed by atoms with Gasteiger partial charge in [0.2, 0.25) is 0 Å². The molecule has 1 aliphatic rings. The van der Waals surface area contributed by atoms with Crippen molar-refractivity contribution in [1.82, 2.24) is 0 Å². The van der Waals surface area contributed by atoms with Crippen molar-refractivity contribution in [1.29, 1.82) is 0 Å². The van der Waals surface area contributed by atoms with E-state index < -0.39 is 0 Å². The second kappa shape index (κ2) is 8.25. The minimum Gasteiger partial charge on any atom is -0.493 e. The molecule has 4 heteroatoms. The second-order valence-electron chi connectivity index (χ2n) is 5.13. The third-order valence-corrected chi connectivity index (χ3v) is 3.63. The molecule has 20 heavy (non-hydrogen) atoms. The largest absolute Gasteiger partial charge is 0.493 e. The van der Waals surface area contributed by atoms with Crippen molar-refractivity contribution in [2.75, 3.05) is 33.5 Å². The van der Waals surface area contributed by atoms with Gasteiger partial charge in [-0.15, -0.1) is 0 Å². The zero-order valence-electron chi connectivity index (χ0n) is 12.3. The lowest BCUT2D eigenvalue weighted by atomic mass is 9.87. The molecule has 0 fully saturated rings. The van der Waals surface area contributed by atoms with Crippen LogP contribution in [0.2, 0.25) is 0 Å². The smallest absolute Gasteiger partial charge is 0.122 e. The summed E-state index contributed by atoms with van der Waals surface area (Å²) in [7, 11) is 1.68. The lowest BCUT2D eigenvalue weighted by molar-refractivity contribution is 0.0644. The Morgan fingerprint density at radius 1 is 1.20 bits per heavy atom. The first-order valence-corrected chi connectivity index (χ1v) is 7.39. The molecule has 0 spiro atoms. The van der Waals surface area contributed by atoms with Crippen molar-refractivity contribution in [3.8, 4) is 5.75 Å². The van der Waals surface area contributed by atoms with Crippen molar-refractivity contribution in [2.24, 2.45) is 5.73 Å². The van der Waals surface area contributed by atoms with Gasteiger partial charge in [-0.3, -0.25) is 0 Å². The van der Waals surface area contributed by atoms with Gasteiger partial charge in [-0.1, -0.05) is 12.1 Å². The molecule has 1 aromatic rings. The molecule has 112 valence electrons. The van der Waals surface area contributed by atoms with E-state index in [1.807, 2.05) is 12.1 Å². The molecule has 1 aromatic carbocycles. The topological polar surface area (TPSA) is 53.7 Å². The van der Waals surface area contributed by atoms with Gasteiger partial charge in [0, 0.05) is 26.2 Å². The molecule has 0 amide bonds. The minimum absolute atomic E-state index is 0.166. The maximum absolute atomic E-state index is 6.15. The number of hydrogen-bond acceptors (Lipinski definition) is 4. The third kappa shape index (κ3) is 4.20. The average molecular weight is 279 g/mol. The number of ether oxygens (including phenoxy) is 3. The number of fused-ring (bicyclic) bond motifs is 1. The van der Waals surface area contributed by atoms with Gasteiger partial charge in [-0.25, -0.2) is 0 Å². The number of nitrogens with two attached hydrogens (primary N) is 1. The van der Waals surface area contributed by atoms with E-state index in [1.165, 1.54) is 11.1 Å². The molecule has 0 aliphatic heterocycles. The molecule has 0 saturated carbocycles. The van der Waals surface area contributed by atoms with Crippen LogP contribution in [0.4, 0.5) is 0 Å². The summed E-state index contributed by atoms with van der Waals surface area (Å²) in [5.41, 5.74) is 8.70. The van der Waals surface area contributed by atoms with Crippen LogP contribution in [0, 0.1) is 0 Å². The van der Waals surface area contributed by atoms with Gasteiger partial charge in [0.05, 0.1) is 19.8 Å². The Hall–Kier alpha value is -1.10. The van der Waals surface area contributed by atoms with E-state index in [0.717, 1.165) is 31.4 Å². The minimum atomic E-state index is 0.166. The highest BCUT2D eigenvalue weighted by Crippen LogP contribution is 2.33. The summed E-state index contributed by atoms with van der Waals surface area (Å²) in [4.78, 5) is 0. The molecule has 4 nitrogen and oxygen atoms in total. The van der Waals surface area contributed by atoms with Crippen LogP contribution in [-0.4, -0.2) is 33.5 Å². The molecule has 2 N–H and O–H groups in total. The molecule has 0 radical (unpaired) electrons. The molecule has 0 bridgehead atoms. The van der Waals surface area contributed by atoms with E-state index in [1.54, 1.807) is 7.11 Å². The van der Waals surface area contributed by atoms with Gasteiger partial charge in [-0.2, -0.15) is 0 Å². The third-order valence-electron chi connectivity index (χ3n) is 3.63. The van der Waals surface area contributed by atoms with E-state index in [-0.39, 0.29) is 6.04 Å². The Bertz CT molecular complexity index is 409. The summed E-state index contributed by atoms with van der Waals surface area (Å²) in [5.74, 6) is 0.995. The van der Waals surface area contributed by atoms with Crippen LogP contribution in [0.1, 0.15) is 36.4 Å². The Morgan fingerprint density at radius 3 is 2.95 bits per heavy atom. The first-order chi connectivity index (χ1) is 9.83. The SMILES string of the molecule is COCCOCCCOc1cccc2c1CCCC2N. The summed E-state index contributed by atoms with van der Waals surface area (Å²) in [5, 5.41) is 0. The van der Waals surface area contributed by atoms with E-state index >= 15 is 0 Å². The van der Waals surface area contributed by atoms with Crippen LogP contribution in [-0.2, 0) is 15.9 Å². The Kier molecular flexibility index (Phi) is 6.30. The summed E-state index contributed by atoms with van der Waals surface area (Å²) in [6.45, 7) is 2.67. The van der Waals surface area contributed by atoms with Crippen molar-refractivity contribution in [3.05, 3.63) is 29.3 Å². The summed E-state index contributed by atoms with van der Waals surface area (Å²) in [6, 6.07) is 6.37. The molecule has 2 rings (SSSR count). The Labute approximate surface area is 121 Å².